The molecule has 0 aromatic carbocycles. The largest absolute Gasteiger partial charge is 0.383 e. The van der Waals surface area contributed by atoms with E-state index in [2.05, 4.69) is 26.1 Å². The Labute approximate surface area is 119 Å². The Hall–Kier alpha value is -1.47. The van der Waals surface area contributed by atoms with Gasteiger partial charge in [-0.25, -0.2) is 0 Å². The average Bonchev–Trinajstić information content (AvgIpc) is 2.89. The van der Waals surface area contributed by atoms with Crippen LogP contribution < -0.4 is 0 Å². The molecule has 7 heteroatoms. The van der Waals surface area contributed by atoms with Gasteiger partial charge in [-0.05, 0) is 28.9 Å². The van der Waals surface area contributed by atoms with Gasteiger partial charge in [-0.3, -0.25) is 14.2 Å². The maximum Gasteiger partial charge on any atom is 0.230 e. The summed E-state index contributed by atoms with van der Waals surface area (Å²) < 4.78 is 8.91. The second-order valence-electron chi connectivity index (χ2n) is 4.18. The van der Waals surface area contributed by atoms with E-state index in [0.717, 1.165) is 5.69 Å². The number of ketones is 1. The molecule has 0 aliphatic carbocycles. The Morgan fingerprint density at radius 2 is 2.26 bits per heavy atom. The number of aryl methyl sites for hydroxylation is 2. The van der Waals surface area contributed by atoms with E-state index in [4.69, 9.17) is 4.74 Å². The fraction of sp³-hybridized carbons (Fsp3) is 0.417. The molecule has 0 saturated carbocycles. The van der Waals surface area contributed by atoms with E-state index in [-0.39, 0.29) is 5.78 Å². The van der Waals surface area contributed by atoms with E-state index in [0.29, 0.717) is 29.0 Å². The third-order valence-electron chi connectivity index (χ3n) is 2.75. The van der Waals surface area contributed by atoms with Crippen molar-refractivity contribution in [2.45, 2.75) is 13.5 Å². The predicted molar refractivity (Wildman–Crippen MR) is 73.2 cm³/mol. The van der Waals surface area contributed by atoms with Gasteiger partial charge in [0.15, 0.2) is 0 Å². The monoisotopic (exact) mass is 326 g/mol. The summed E-state index contributed by atoms with van der Waals surface area (Å²) in [6, 6.07) is 1.77. The van der Waals surface area contributed by atoms with Crippen molar-refractivity contribution in [3.63, 3.8) is 0 Å². The van der Waals surface area contributed by atoms with Crippen LogP contribution in [0.15, 0.2) is 16.7 Å². The fourth-order valence-electron chi connectivity index (χ4n) is 1.88. The Bertz CT molecular complexity index is 603. The molecular formula is C12H15BrN4O2. The standard InChI is InChI=1S/C12H15BrN4O2/c1-8-6-10(16(2)15-8)12(18)11-9(13)7-14-17(11)4-5-19-3/h6-7H,4-5H2,1-3H3. The van der Waals surface area contributed by atoms with E-state index >= 15 is 0 Å². The van der Waals surface area contributed by atoms with E-state index in [1.807, 2.05) is 6.92 Å². The molecule has 0 spiro atoms. The maximum atomic E-state index is 12.6. The summed E-state index contributed by atoms with van der Waals surface area (Å²) in [5.74, 6) is -0.108. The molecular weight excluding hydrogens is 312 g/mol. The number of rotatable bonds is 5. The molecule has 0 radical (unpaired) electrons. The smallest absolute Gasteiger partial charge is 0.230 e. The van der Waals surface area contributed by atoms with Gasteiger partial charge >= 0.3 is 0 Å². The van der Waals surface area contributed by atoms with Gasteiger partial charge in [0.1, 0.15) is 11.4 Å². The van der Waals surface area contributed by atoms with Gasteiger partial charge in [0.05, 0.1) is 29.5 Å². The van der Waals surface area contributed by atoms with Crippen molar-refractivity contribution in [3.05, 3.63) is 33.8 Å². The molecule has 19 heavy (non-hydrogen) atoms. The zero-order valence-corrected chi connectivity index (χ0v) is 12.6. The van der Waals surface area contributed by atoms with Crippen LogP contribution in [0.3, 0.4) is 0 Å². The molecule has 0 bridgehead atoms. The van der Waals surface area contributed by atoms with Crippen LogP contribution in [0.2, 0.25) is 0 Å². The van der Waals surface area contributed by atoms with Crippen molar-refractivity contribution in [1.29, 1.82) is 0 Å². The van der Waals surface area contributed by atoms with Crippen molar-refractivity contribution in [2.75, 3.05) is 13.7 Å². The zero-order chi connectivity index (χ0) is 14.0. The molecule has 0 N–H and O–H groups in total. The van der Waals surface area contributed by atoms with Crippen molar-refractivity contribution in [2.24, 2.45) is 7.05 Å². The fourth-order valence-corrected chi connectivity index (χ4v) is 2.36. The number of nitrogens with zero attached hydrogens (tertiary/aromatic N) is 4. The summed E-state index contributed by atoms with van der Waals surface area (Å²) in [7, 11) is 3.37. The Morgan fingerprint density at radius 3 is 2.84 bits per heavy atom. The summed E-state index contributed by atoms with van der Waals surface area (Å²) in [6.45, 7) is 2.88. The molecule has 0 amide bonds. The minimum absolute atomic E-state index is 0.108. The third kappa shape index (κ3) is 2.76. The second-order valence-corrected chi connectivity index (χ2v) is 5.04. The first-order valence-electron chi connectivity index (χ1n) is 5.80. The lowest BCUT2D eigenvalue weighted by Gasteiger charge is -2.07. The number of halogens is 1. The Balaban J connectivity index is 2.38. The van der Waals surface area contributed by atoms with Crippen LogP contribution in [-0.2, 0) is 18.3 Å². The molecule has 102 valence electrons. The lowest BCUT2D eigenvalue weighted by Crippen LogP contribution is -2.17. The maximum absolute atomic E-state index is 12.6. The summed E-state index contributed by atoms with van der Waals surface area (Å²) in [5, 5.41) is 8.37. The molecule has 6 nitrogen and oxygen atoms in total. The molecule has 2 heterocycles. The highest BCUT2D eigenvalue weighted by atomic mass is 79.9. The van der Waals surface area contributed by atoms with Crippen LogP contribution in [-0.4, -0.2) is 39.1 Å². The van der Waals surface area contributed by atoms with Crippen LogP contribution in [0.4, 0.5) is 0 Å². The van der Waals surface area contributed by atoms with Gasteiger partial charge in [0, 0.05) is 14.2 Å². The van der Waals surface area contributed by atoms with Crippen molar-refractivity contribution in [3.8, 4) is 0 Å². The molecule has 2 aromatic rings. The molecule has 0 atom stereocenters. The average molecular weight is 327 g/mol. The molecule has 2 aromatic heterocycles. The highest BCUT2D eigenvalue weighted by Gasteiger charge is 2.21. The summed E-state index contributed by atoms with van der Waals surface area (Å²) in [5.41, 5.74) is 1.86. The van der Waals surface area contributed by atoms with E-state index in [9.17, 15) is 4.79 Å². The van der Waals surface area contributed by atoms with Crippen LogP contribution in [0.1, 0.15) is 21.9 Å². The molecule has 0 unspecified atom stereocenters. The van der Waals surface area contributed by atoms with Gasteiger partial charge in [-0.1, -0.05) is 0 Å². The van der Waals surface area contributed by atoms with Crippen LogP contribution in [0.5, 0.6) is 0 Å². The molecule has 2 rings (SSSR count). The highest BCUT2D eigenvalue weighted by molar-refractivity contribution is 9.10. The van der Waals surface area contributed by atoms with Crippen LogP contribution >= 0.6 is 15.9 Å². The number of carbonyl (C=O) groups is 1. The first-order chi connectivity index (χ1) is 9.04. The molecule has 0 fully saturated rings. The van der Waals surface area contributed by atoms with Gasteiger partial charge in [-0.2, -0.15) is 10.2 Å². The number of aromatic nitrogens is 4. The van der Waals surface area contributed by atoms with Crippen LogP contribution in [0.25, 0.3) is 0 Å². The normalized spacial score (nSPS) is 10.9. The first kappa shape index (κ1) is 14.0. The molecule has 0 saturated heterocycles. The Kier molecular flexibility index (Phi) is 4.16. The minimum Gasteiger partial charge on any atom is -0.383 e. The lowest BCUT2D eigenvalue weighted by molar-refractivity contribution is 0.101. The van der Waals surface area contributed by atoms with E-state index < -0.39 is 0 Å². The zero-order valence-electron chi connectivity index (χ0n) is 11.1. The number of hydrogen-bond acceptors (Lipinski definition) is 4. The van der Waals surface area contributed by atoms with Crippen molar-refractivity contribution in [1.82, 2.24) is 19.6 Å². The highest BCUT2D eigenvalue weighted by Crippen LogP contribution is 2.20. The van der Waals surface area contributed by atoms with Gasteiger partial charge in [0.25, 0.3) is 0 Å². The number of carbonyl (C=O) groups excluding carboxylic acids is 1. The van der Waals surface area contributed by atoms with Gasteiger partial charge in [-0.15, -0.1) is 0 Å². The van der Waals surface area contributed by atoms with Crippen LogP contribution in [0, 0.1) is 6.92 Å². The third-order valence-corrected chi connectivity index (χ3v) is 3.33. The summed E-state index contributed by atoms with van der Waals surface area (Å²) in [4.78, 5) is 12.6. The quantitative estimate of drug-likeness (QED) is 0.782. The first-order valence-corrected chi connectivity index (χ1v) is 6.59. The van der Waals surface area contributed by atoms with Crippen molar-refractivity contribution < 1.29 is 9.53 Å². The van der Waals surface area contributed by atoms with Gasteiger partial charge < -0.3 is 4.74 Å². The van der Waals surface area contributed by atoms with E-state index in [1.54, 1.807) is 35.8 Å². The van der Waals surface area contributed by atoms with Crippen molar-refractivity contribution >= 4 is 21.7 Å². The topological polar surface area (TPSA) is 61.9 Å². The number of hydrogen-bond donors (Lipinski definition) is 0. The number of methoxy groups -OCH3 is 1. The summed E-state index contributed by atoms with van der Waals surface area (Å²) in [6.07, 6.45) is 1.62. The SMILES string of the molecule is COCCn1ncc(Br)c1C(=O)c1cc(C)nn1C. The molecule has 0 aliphatic rings. The predicted octanol–water partition coefficient (Wildman–Crippen LogP) is 1.56. The molecule has 0 aliphatic heterocycles. The minimum atomic E-state index is -0.108. The lowest BCUT2D eigenvalue weighted by atomic mass is 10.2. The second kappa shape index (κ2) is 5.66. The van der Waals surface area contributed by atoms with Gasteiger partial charge in [0.2, 0.25) is 5.78 Å². The summed E-state index contributed by atoms with van der Waals surface area (Å²) >= 11 is 3.36. The van der Waals surface area contributed by atoms with E-state index in [1.165, 1.54) is 0 Å². The number of ether oxygens (including phenoxy) is 1. The Morgan fingerprint density at radius 1 is 1.53 bits per heavy atom.